The summed E-state index contributed by atoms with van der Waals surface area (Å²) in [7, 11) is 0. The molecule has 0 bridgehead atoms. The number of rotatable bonds is 5. The molecule has 2 aromatic heterocycles. The Hall–Kier alpha value is -2.96. The van der Waals surface area contributed by atoms with E-state index in [9.17, 15) is 14.9 Å². The number of nitriles is 1. The number of aliphatic imine (C=N–C) groups is 1. The van der Waals surface area contributed by atoms with Gasteiger partial charge in [0, 0.05) is 16.4 Å². The van der Waals surface area contributed by atoms with E-state index in [-0.39, 0.29) is 12.2 Å². The second-order valence-electron chi connectivity index (χ2n) is 6.93. The highest BCUT2D eigenvalue weighted by Crippen LogP contribution is 2.35. The van der Waals surface area contributed by atoms with Crippen LogP contribution in [0.1, 0.15) is 50.1 Å². The van der Waals surface area contributed by atoms with Gasteiger partial charge in [-0.1, -0.05) is 15.9 Å². The Morgan fingerprint density at radius 1 is 1.29 bits per heavy atom. The lowest BCUT2D eigenvalue weighted by Gasteiger charge is -2.10. The maximum atomic E-state index is 13.1. The second-order valence-corrected chi connectivity index (χ2v) is 8.79. The van der Waals surface area contributed by atoms with Gasteiger partial charge in [-0.3, -0.25) is 9.89 Å². The number of esters is 1. The molecule has 0 unspecified atom stereocenters. The molecule has 0 fully saturated rings. The van der Waals surface area contributed by atoms with Gasteiger partial charge in [0.05, 0.1) is 23.4 Å². The van der Waals surface area contributed by atoms with Crippen molar-refractivity contribution in [3.8, 4) is 11.8 Å². The highest BCUT2D eigenvalue weighted by molar-refractivity contribution is 9.10. The lowest BCUT2D eigenvalue weighted by molar-refractivity contribution is 0.0531. The van der Waals surface area contributed by atoms with E-state index in [0.717, 1.165) is 32.6 Å². The highest BCUT2D eigenvalue weighted by Gasteiger charge is 2.21. The normalized spacial score (nSPS) is 11.1. The number of carbonyl (C=O) groups excluding carboxylic acids is 1. The van der Waals surface area contributed by atoms with Crippen LogP contribution in [0.4, 0.5) is 5.00 Å². The number of halogens is 1. The number of carbonyl (C=O) groups is 1. The van der Waals surface area contributed by atoms with Crippen molar-refractivity contribution in [1.82, 2.24) is 9.78 Å². The first-order valence-corrected chi connectivity index (χ1v) is 11.1. The molecule has 0 amide bonds. The number of benzene rings is 1. The molecule has 0 aliphatic rings. The Kier molecular flexibility index (Phi) is 6.62. The number of thiophene rings is 1. The molecular formula is C22H21BrN4O3S. The first-order valence-electron chi connectivity index (χ1n) is 9.53. The van der Waals surface area contributed by atoms with Gasteiger partial charge in [-0.05, 0) is 63.4 Å². The number of aryl methyl sites for hydroxylation is 1. The third-order valence-electron chi connectivity index (χ3n) is 5.06. The third-order valence-corrected chi connectivity index (χ3v) is 7.10. The van der Waals surface area contributed by atoms with E-state index >= 15 is 0 Å². The van der Waals surface area contributed by atoms with Gasteiger partial charge < -0.3 is 4.74 Å². The minimum Gasteiger partial charge on any atom is -0.462 e. The molecule has 31 heavy (non-hydrogen) atoms. The van der Waals surface area contributed by atoms with Crippen LogP contribution in [0.15, 0.2) is 26.4 Å². The van der Waals surface area contributed by atoms with Gasteiger partial charge in [0.15, 0.2) is 0 Å². The largest absolute Gasteiger partial charge is 0.462 e. The summed E-state index contributed by atoms with van der Waals surface area (Å²) in [6.45, 7) is 9.38. The fraction of sp³-hybridized carbons (Fsp3) is 0.273. The zero-order valence-corrected chi connectivity index (χ0v) is 20.2. The van der Waals surface area contributed by atoms with Crippen molar-refractivity contribution in [1.29, 1.82) is 5.26 Å². The van der Waals surface area contributed by atoms with Crippen LogP contribution in [-0.2, 0) is 4.74 Å². The molecule has 1 aromatic carbocycles. The van der Waals surface area contributed by atoms with Crippen molar-refractivity contribution in [2.45, 2.75) is 34.6 Å². The summed E-state index contributed by atoms with van der Waals surface area (Å²) in [6.07, 6.45) is 1.44. The minimum absolute atomic E-state index is 0.244. The molecule has 2 heterocycles. The second kappa shape index (κ2) is 9.04. The van der Waals surface area contributed by atoms with Gasteiger partial charge >= 0.3 is 5.97 Å². The van der Waals surface area contributed by atoms with Crippen LogP contribution in [0.5, 0.6) is 0 Å². The Balaban J connectivity index is 2.05. The molecule has 0 aliphatic carbocycles. The van der Waals surface area contributed by atoms with Crippen molar-refractivity contribution in [2.75, 3.05) is 6.61 Å². The minimum atomic E-state index is -0.482. The number of nitrogens with zero attached hydrogens (tertiary/aromatic N) is 3. The molecule has 0 saturated carbocycles. The van der Waals surface area contributed by atoms with E-state index in [1.54, 1.807) is 20.8 Å². The van der Waals surface area contributed by atoms with E-state index in [1.165, 1.54) is 10.9 Å². The van der Waals surface area contributed by atoms with Crippen LogP contribution in [0.3, 0.4) is 0 Å². The van der Waals surface area contributed by atoms with E-state index in [2.05, 4.69) is 32.1 Å². The van der Waals surface area contributed by atoms with Gasteiger partial charge in [-0.2, -0.15) is 5.26 Å². The van der Waals surface area contributed by atoms with Crippen LogP contribution in [0, 0.1) is 39.0 Å². The zero-order chi connectivity index (χ0) is 22.9. The van der Waals surface area contributed by atoms with E-state index in [1.807, 2.05) is 26.0 Å². The first kappa shape index (κ1) is 22.7. The van der Waals surface area contributed by atoms with Gasteiger partial charge in [-0.25, -0.2) is 14.5 Å². The number of aromatic amines is 1. The molecule has 1 N–H and O–H groups in total. The molecule has 3 aromatic rings. The number of aromatic nitrogens is 2. The van der Waals surface area contributed by atoms with Crippen molar-refractivity contribution in [3.63, 3.8) is 0 Å². The summed E-state index contributed by atoms with van der Waals surface area (Å²) in [4.78, 5) is 29.9. The fourth-order valence-corrected chi connectivity index (χ4v) is 4.56. The molecule has 0 saturated heterocycles. The number of nitrogens with one attached hydrogen (secondary N) is 1. The predicted molar refractivity (Wildman–Crippen MR) is 125 cm³/mol. The number of hydrogen-bond acceptors (Lipinski definition) is 6. The molecule has 7 nitrogen and oxygen atoms in total. The SMILES string of the molecule is CCOC(=O)c1sc(/N=C/c2c(C)[nH]n(-c3ccc(Br)c(C)c3C)c2=O)c(C#N)c1C. The molecule has 9 heteroatoms. The van der Waals surface area contributed by atoms with Crippen molar-refractivity contribution >= 4 is 44.5 Å². The summed E-state index contributed by atoms with van der Waals surface area (Å²) in [5, 5.41) is 13.0. The molecule has 0 atom stereocenters. The molecule has 160 valence electrons. The van der Waals surface area contributed by atoms with Crippen LogP contribution in [0.2, 0.25) is 0 Å². The highest BCUT2D eigenvalue weighted by atomic mass is 79.9. The maximum absolute atomic E-state index is 13.1. The number of ether oxygens (including phenoxy) is 1. The Morgan fingerprint density at radius 3 is 2.65 bits per heavy atom. The van der Waals surface area contributed by atoms with Crippen molar-refractivity contribution in [3.05, 3.63) is 65.3 Å². The summed E-state index contributed by atoms with van der Waals surface area (Å²) in [5.41, 5.74) is 4.39. The predicted octanol–water partition coefficient (Wildman–Crippen LogP) is 5.02. The van der Waals surface area contributed by atoms with Gasteiger partial charge in [0.25, 0.3) is 5.56 Å². The van der Waals surface area contributed by atoms with Crippen LogP contribution < -0.4 is 5.56 Å². The number of H-pyrrole nitrogens is 1. The van der Waals surface area contributed by atoms with E-state index < -0.39 is 5.97 Å². The smallest absolute Gasteiger partial charge is 0.348 e. The topological polar surface area (TPSA) is 100 Å². The summed E-state index contributed by atoms with van der Waals surface area (Å²) < 4.78 is 7.51. The standard InChI is InChI=1S/C22H21BrN4O3S/c1-6-30-22(29)19-13(4)15(9-24)20(31-19)25-10-16-14(5)26-27(21(16)28)18-8-7-17(23)11(2)12(18)3/h7-8,10,26H,6H2,1-5H3/b25-10+. The van der Waals surface area contributed by atoms with Gasteiger partial charge in [-0.15, -0.1) is 11.3 Å². The molecular weight excluding hydrogens is 480 g/mol. The average Bonchev–Trinajstić information content (AvgIpc) is 3.20. The first-order chi connectivity index (χ1) is 14.7. The van der Waals surface area contributed by atoms with Crippen LogP contribution >= 0.6 is 27.3 Å². The Labute approximate surface area is 192 Å². The van der Waals surface area contributed by atoms with Crippen LogP contribution in [0.25, 0.3) is 5.69 Å². The zero-order valence-electron chi connectivity index (χ0n) is 17.8. The van der Waals surface area contributed by atoms with Gasteiger partial charge in [0.1, 0.15) is 15.9 Å². The Morgan fingerprint density at radius 2 is 2.00 bits per heavy atom. The fourth-order valence-electron chi connectivity index (χ4n) is 3.13. The lowest BCUT2D eigenvalue weighted by Crippen LogP contribution is -2.18. The maximum Gasteiger partial charge on any atom is 0.348 e. The Bertz CT molecular complexity index is 1310. The summed E-state index contributed by atoms with van der Waals surface area (Å²) in [6, 6.07) is 5.86. The van der Waals surface area contributed by atoms with Crippen LogP contribution in [-0.4, -0.2) is 28.6 Å². The summed E-state index contributed by atoms with van der Waals surface area (Å²) >= 11 is 4.59. The van der Waals surface area contributed by atoms with Gasteiger partial charge in [0.2, 0.25) is 0 Å². The molecule has 3 rings (SSSR count). The van der Waals surface area contributed by atoms with Crippen molar-refractivity contribution < 1.29 is 9.53 Å². The molecule has 0 aliphatic heterocycles. The monoisotopic (exact) mass is 500 g/mol. The van der Waals surface area contributed by atoms with E-state index in [0.29, 0.717) is 32.3 Å². The van der Waals surface area contributed by atoms with Crippen molar-refractivity contribution in [2.24, 2.45) is 4.99 Å². The average molecular weight is 501 g/mol. The lowest BCUT2D eigenvalue weighted by atomic mass is 10.1. The summed E-state index contributed by atoms with van der Waals surface area (Å²) in [5.74, 6) is -0.482. The van der Waals surface area contributed by atoms with E-state index in [4.69, 9.17) is 4.74 Å². The molecule has 0 radical (unpaired) electrons. The number of hydrogen-bond donors (Lipinski definition) is 1. The molecule has 0 spiro atoms. The quantitative estimate of drug-likeness (QED) is 0.392. The third kappa shape index (κ3) is 4.13.